The molecule has 1 fully saturated rings. The van der Waals surface area contributed by atoms with Crippen LogP contribution in [0.1, 0.15) is 51.0 Å². The second-order valence-electron chi connectivity index (χ2n) is 9.23. The van der Waals surface area contributed by atoms with E-state index in [1.54, 1.807) is 6.92 Å². The molecule has 2 aromatic carbocycles. The summed E-state index contributed by atoms with van der Waals surface area (Å²) in [4.78, 5) is 25.0. The van der Waals surface area contributed by atoms with E-state index in [0.29, 0.717) is 0 Å². The predicted molar refractivity (Wildman–Crippen MR) is 138 cm³/mol. The maximum atomic E-state index is 12.9. The molecule has 0 aliphatic heterocycles. The fraction of sp³-hybridized carbons (Fsp3) is 0.520. The summed E-state index contributed by atoms with van der Waals surface area (Å²) < 4.78 is 26.5. The highest BCUT2D eigenvalue weighted by molar-refractivity contribution is 7.88. The number of rotatable bonds is 9. The largest absolute Gasteiger partial charge is 0.368 e. The first kappa shape index (κ1) is 28.1. The second-order valence-corrected chi connectivity index (χ2v) is 11.2. The molecule has 1 aliphatic carbocycles. The molecule has 9 heteroatoms. The Bertz CT molecular complexity index is 1080. The van der Waals surface area contributed by atoms with Crippen LogP contribution in [0.15, 0.2) is 42.5 Å². The smallest absolute Gasteiger partial charge is 0.240 e. The first-order valence-electron chi connectivity index (χ1n) is 11.7. The van der Waals surface area contributed by atoms with E-state index >= 15 is 0 Å². The summed E-state index contributed by atoms with van der Waals surface area (Å²) in [5.74, 6) is -1.60. The van der Waals surface area contributed by atoms with E-state index < -0.39 is 27.9 Å². The van der Waals surface area contributed by atoms with Gasteiger partial charge in [-0.25, -0.2) is 8.42 Å². The van der Waals surface area contributed by atoms with Crippen LogP contribution in [0, 0.1) is 5.92 Å². The molecule has 7 nitrogen and oxygen atoms in total. The Morgan fingerprint density at radius 3 is 2.26 bits per heavy atom. The van der Waals surface area contributed by atoms with Gasteiger partial charge in [-0.2, -0.15) is 4.31 Å². The van der Waals surface area contributed by atoms with Crippen molar-refractivity contribution >= 4 is 45.0 Å². The maximum absolute atomic E-state index is 12.9. The Morgan fingerprint density at radius 1 is 1.06 bits per heavy atom. The SMILES string of the molecule is CC(CN(C1CCCCCC1)S(C)(=O)=O)C(=O)NC(Cc1ccc2ccccc2c1)C(N)=O.Cl. The standard InChI is InChI=1S/C25H35N3O4S.ClH/c1-18(17-28(33(2,31)32)22-11-5-3-4-6-12-22)25(30)27-23(24(26)29)16-19-13-14-20-9-7-8-10-21(20)15-19;/h7-10,13-15,18,22-23H,3-6,11-12,16-17H2,1-2H3,(H2,26,29)(H,27,30);1H. The van der Waals surface area contributed by atoms with E-state index in [-0.39, 0.29) is 37.3 Å². The van der Waals surface area contributed by atoms with Crippen LogP contribution in [0.2, 0.25) is 0 Å². The topological polar surface area (TPSA) is 110 Å². The zero-order valence-electron chi connectivity index (χ0n) is 19.9. The van der Waals surface area contributed by atoms with Gasteiger partial charge in [0.2, 0.25) is 21.8 Å². The third-order valence-electron chi connectivity index (χ3n) is 6.47. The van der Waals surface area contributed by atoms with Crippen molar-refractivity contribution in [3.8, 4) is 0 Å². The van der Waals surface area contributed by atoms with Crippen LogP contribution in [0.25, 0.3) is 10.8 Å². The number of primary amides is 1. The molecule has 188 valence electrons. The number of benzene rings is 2. The van der Waals surface area contributed by atoms with Crippen molar-refractivity contribution < 1.29 is 18.0 Å². The van der Waals surface area contributed by atoms with Crippen LogP contribution >= 0.6 is 12.4 Å². The molecule has 0 spiro atoms. The van der Waals surface area contributed by atoms with Gasteiger partial charge in [0, 0.05) is 24.9 Å². The minimum atomic E-state index is -3.46. The zero-order valence-corrected chi connectivity index (χ0v) is 21.5. The molecule has 0 aromatic heterocycles. The van der Waals surface area contributed by atoms with E-state index in [9.17, 15) is 18.0 Å². The number of hydrogen-bond acceptors (Lipinski definition) is 4. The average Bonchev–Trinajstić information content (AvgIpc) is 3.05. The highest BCUT2D eigenvalue weighted by Crippen LogP contribution is 2.25. The Kier molecular flexibility index (Phi) is 10.3. The Labute approximate surface area is 208 Å². The molecule has 34 heavy (non-hydrogen) atoms. The summed E-state index contributed by atoms with van der Waals surface area (Å²) in [5, 5.41) is 4.89. The first-order valence-corrected chi connectivity index (χ1v) is 13.5. The molecule has 3 N–H and O–H groups in total. The van der Waals surface area contributed by atoms with Crippen molar-refractivity contribution in [3.63, 3.8) is 0 Å². The molecular weight excluding hydrogens is 474 g/mol. The number of nitrogens with zero attached hydrogens (tertiary/aromatic N) is 1. The van der Waals surface area contributed by atoms with Gasteiger partial charge in [0.15, 0.2) is 0 Å². The quantitative estimate of drug-likeness (QED) is 0.505. The lowest BCUT2D eigenvalue weighted by Gasteiger charge is -2.31. The summed E-state index contributed by atoms with van der Waals surface area (Å²) in [6, 6.07) is 12.8. The summed E-state index contributed by atoms with van der Waals surface area (Å²) >= 11 is 0. The number of hydrogen-bond donors (Lipinski definition) is 2. The normalized spacial score (nSPS) is 16.9. The monoisotopic (exact) mass is 509 g/mol. The third kappa shape index (κ3) is 7.68. The fourth-order valence-electron chi connectivity index (χ4n) is 4.59. The molecule has 2 atom stereocenters. The lowest BCUT2D eigenvalue weighted by Crippen LogP contribution is -2.50. The molecule has 2 aromatic rings. The van der Waals surface area contributed by atoms with Crippen molar-refractivity contribution in [1.29, 1.82) is 0 Å². The lowest BCUT2D eigenvalue weighted by molar-refractivity contribution is -0.129. The van der Waals surface area contributed by atoms with Crippen LogP contribution in [-0.2, 0) is 26.0 Å². The minimum absolute atomic E-state index is 0. The molecule has 0 radical (unpaired) electrons. The van der Waals surface area contributed by atoms with Gasteiger partial charge < -0.3 is 11.1 Å². The number of fused-ring (bicyclic) bond motifs is 1. The second kappa shape index (κ2) is 12.5. The molecule has 0 heterocycles. The van der Waals surface area contributed by atoms with Gasteiger partial charge in [-0.1, -0.05) is 75.1 Å². The van der Waals surface area contributed by atoms with Gasteiger partial charge in [0.25, 0.3) is 0 Å². The minimum Gasteiger partial charge on any atom is -0.368 e. The third-order valence-corrected chi connectivity index (χ3v) is 7.77. The summed E-state index contributed by atoms with van der Waals surface area (Å²) in [7, 11) is -3.46. The number of carbonyl (C=O) groups excluding carboxylic acids is 2. The van der Waals surface area contributed by atoms with Gasteiger partial charge in [-0.05, 0) is 29.2 Å². The van der Waals surface area contributed by atoms with Crippen molar-refractivity contribution in [2.24, 2.45) is 11.7 Å². The van der Waals surface area contributed by atoms with Gasteiger partial charge >= 0.3 is 0 Å². The zero-order chi connectivity index (χ0) is 24.0. The number of nitrogens with two attached hydrogens (primary N) is 1. The van der Waals surface area contributed by atoms with Crippen molar-refractivity contribution in [1.82, 2.24) is 9.62 Å². The highest BCUT2D eigenvalue weighted by atomic mass is 35.5. The maximum Gasteiger partial charge on any atom is 0.240 e. The first-order chi connectivity index (χ1) is 15.6. The van der Waals surface area contributed by atoms with E-state index in [0.717, 1.165) is 54.9 Å². The van der Waals surface area contributed by atoms with E-state index in [4.69, 9.17) is 5.73 Å². The van der Waals surface area contributed by atoms with Gasteiger partial charge in [0.1, 0.15) is 6.04 Å². The predicted octanol–water partition coefficient (Wildman–Crippen LogP) is 3.39. The number of nitrogens with one attached hydrogen (secondary N) is 1. The van der Waals surface area contributed by atoms with Gasteiger partial charge in [-0.3, -0.25) is 9.59 Å². The molecule has 3 rings (SSSR count). The summed E-state index contributed by atoms with van der Waals surface area (Å²) in [6.45, 7) is 1.79. The number of carbonyl (C=O) groups is 2. The molecule has 0 saturated heterocycles. The number of amides is 2. The van der Waals surface area contributed by atoms with E-state index in [1.165, 1.54) is 10.6 Å². The number of sulfonamides is 1. The van der Waals surface area contributed by atoms with Gasteiger partial charge in [0.05, 0.1) is 6.26 Å². The van der Waals surface area contributed by atoms with Crippen LogP contribution in [0.4, 0.5) is 0 Å². The molecule has 1 aliphatic rings. The molecular formula is C25H36ClN3O4S. The van der Waals surface area contributed by atoms with Gasteiger partial charge in [-0.15, -0.1) is 12.4 Å². The van der Waals surface area contributed by atoms with E-state index in [2.05, 4.69) is 5.32 Å². The fourth-order valence-corrected chi connectivity index (χ4v) is 5.84. The Balaban J connectivity index is 0.00000408. The van der Waals surface area contributed by atoms with Crippen LogP contribution in [0.3, 0.4) is 0 Å². The van der Waals surface area contributed by atoms with E-state index in [1.807, 2.05) is 42.5 Å². The average molecular weight is 510 g/mol. The molecule has 1 saturated carbocycles. The molecule has 2 amide bonds. The van der Waals surface area contributed by atoms with Crippen LogP contribution in [0.5, 0.6) is 0 Å². The summed E-state index contributed by atoms with van der Waals surface area (Å²) in [6.07, 6.45) is 7.31. The van der Waals surface area contributed by atoms with Crippen LogP contribution < -0.4 is 11.1 Å². The lowest BCUT2D eigenvalue weighted by atomic mass is 10.0. The Morgan fingerprint density at radius 2 is 1.68 bits per heavy atom. The molecule has 2 unspecified atom stereocenters. The summed E-state index contributed by atoms with van der Waals surface area (Å²) in [5.41, 5.74) is 6.48. The van der Waals surface area contributed by atoms with Crippen molar-refractivity contribution in [2.45, 2.75) is 64.0 Å². The van der Waals surface area contributed by atoms with Crippen molar-refractivity contribution in [2.75, 3.05) is 12.8 Å². The highest BCUT2D eigenvalue weighted by Gasteiger charge is 2.31. The molecule has 0 bridgehead atoms. The van der Waals surface area contributed by atoms with Crippen molar-refractivity contribution in [3.05, 3.63) is 48.0 Å². The number of halogens is 1. The Hall–Kier alpha value is -2.16. The van der Waals surface area contributed by atoms with Crippen LogP contribution in [-0.4, -0.2) is 49.4 Å².